The highest BCUT2D eigenvalue weighted by molar-refractivity contribution is 8.03. The predicted molar refractivity (Wildman–Crippen MR) is 156 cm³/mol. The summed E-state index contributed by atoms with van der Waals surface area (Å²) >= 11 is 1.33. The fourth-order valence-corrected chi connectivity index (χ4v) is 7.74. The van der Waals surface area contributed by atoms with Crippen LogP contribution in [0.2, 0.25) is 0 Å². The lowest BCUT2D eigenvalue weighted by atomic mass is 9.79. The number of oxime groups is 1. The third-order valence-electron chi connectivity index (χ3n) is 7.12. The molecular weight excluding hydrogens is 590 g/mol. The van der Waals surface area contributed by atoms with Gasteiger partial charge in [-0.3, -0.25) is 9.69 Å². The number of hydrogen-bond donors (Lipinski definition) is 3. The summed E-state index contributed by atoms with van der Waals surface area (Å²) in [6.07, 6.45) is 1.60. The molecule has 0 unspecified atom stereocenters. The number of esters is 1. The van der Waals surface area contributed by atoms with E-state index in [1.807, 2.05) is 6.92 Å². The number of hydrogen-bond acceptors (Lipinski definition) is 11. The highest BCUT2D eigenvalue weighted by Crippen LogP contribution is 2.52. The SMILES string of the molecule is C=CCOC(=O)C1=C(S[C@H]2C[C@@H](/C(CNS(=O)(=O)NCC)=N/OC)N(C(=O)OCC=C)C2)[C@H](C)[C@@H]2[C@@H]([C@@H](C)O)C(=O)N12. The number of fused-ring (bicyclic) bond motifs is 1. The quantitative estimate of drug-likeness (QED) is 0.0770. The van der Waals surface area contributed by atoms with Gasteiger partial charge in [0.15, 0.2) is 0 Å². The minimum atomic E-state index is -3.83. The first-order chi connectivity index (χ1) is 19.9. The van der Waals surface area contributed by atoms with Crippen LogP contribution in [0.5, 0.6) is 0 Å². The van der Waals surface area contributed by atoms with E-state index < -0.39 is 46.4 Å². The molecule has 3 aliphatic heterocycles. The van der Waals surface area contributed by atoms with E-state index in [0.29, 0.717) is 11.3 Å². The van der Waals surface area contributed by atoms with E-state index in [0.717, 1.165) is 0 Å². The zero-order chi connectivity index (χ0) is 31.2. The molecule has 3 heterocycles. The van der Waals surface area contributed by atoms with Gasteiger partial charge in [0, 0.05) is 29.2 Å². The lowest BCUT2D eigenvalue weighted by Crippen LogP contribution is -2.63. The van der Waals surface area contributed by atoms with Crippen LogP contribution in [0.4, 0.5) is 4.79 Å². The molecule has 0 aliphatic carbocycles. The molecule has 0 saturated carbocycles. The molecule has 0 aromatic rings. The lowest BCUT2D eigenvalue weighted by molar-refractivity contribution is -0.164. The lowest BCUT2D eigenvalue weighted by Gasteiger charge is -2.46. The second-order valence-corrected chi connectivity index (χ2v) is 12.9. The number of carbonyl (C=O) groups excluding carboxylic acids is 3. The fourth-order valence-electron chi connectivity index (χ4n) is 5.40. The number of β-lactam (4-membered cyclic amide) rings is 1. The molecule has 14 nitrogen and oxygen atoms in total. The number of carbonyl (C=O) groups is 3. The Balaban J connectivity index is 1.93. The molecule has 0 bridgehead atoms. The van der Waals surface area contributed by atoms with E-state index in [1.54, 1.807) is 13.8 Å². The largest absolute Gasteiger partial charge is 0.457 e. The van der Waals surface area contributed by atoms with E-state index in [9.17, 15) is 27.9 Å². The number of rotatable bonds is 15. The highest BCUT2D eigenvalue weighted by atomic mass is 32.2. The van der Waals surface area contributed by atoms with Crippen molar-refractivity contribution in [3.05, 3.63) is 35.9 Å². The van der Waals surface area contributed by atoms with Crippen molar-refractivity contribution in [1.29, 1.82) is 0 Å². The summed E-state index contributed by atoms with van der Waals surface area (Å²) in [5.74, 6) is -1.99. The van der Waals surface area contributed by atoms with Crippen LogP contribution in [0.3, 0.4) is 0 Å². The van der Waals surface area contributed by atoms with Crippen LogP contribution in [-0.2, 0) is 34.1 Å². The Morgan fingerprint density at radius 1 is 1.24 bits per heavy atom. The summed E-state index contributed by atoms with van der Waals surface area (Å²) in [5.41, 5.74) is 0.361. The number of likely N-dealkylation sites (tertiary alicyclic amines) is 1. The molecule has 2 amide bonds. The van der Waals surface area contributed by atoms with Crippen molar-refractivity contribution in [1.82, 2.24) is 19.2 Å². The van der Waals surface area contributed by atoms with Gasteiger partial charge in [-0.1, -0.05) is 44.3 Å². The van der Waals surface area contributed by atoms with E-state index in [2.05, 4.69) is 27.8 Å². The zero-order valence-electron chi connectivity index (χ0n) is 24.1. The van der Waals surface area contributed by atoms with Gasteiger partial charge < -0.3 is 24.3 Å². The van der Waals surface area contributed by atoms with Gasteiger partial charge >= 0.3 is 12.1 Å². The predicted octanol–water partition coefficient (Wildman–Crippen LogP) is 0.730. The summed E-state index contributed by atoms with van der Waals surface area (Å²) in [6.45, 7) is 12.2. The van der Waals surface area contributed by atoms with E-state index in [1.165, 1.54) is 40.8 Å². The first-order valence-corrected chi connectivity index (χ1v) is 15.9. The number of nitrogens with zero attached hydrogens (tertiary/aromatic N) is 3. The van der Waals surface area contributed by atoms with E-state index >= 15 is 0 Å². The van der Waals surface area contributed by atoms with Crippen LogP contribution >= 0.6 is 11.8 Å². The number of nitrogens with one attached hydrogen (secondary N) is 2. The molecule has 2 saturated heterocycles. The average molecular weight is 630 g/mol. The standard InChI is InChI=1S/C26H39N5O9S2/c1-7-10-39-25(34)22-23(15(4)21-20(16(5)32)24(33)31(21)22)41-17-12-19(30(14-17)26(35)40-11-8-2)18(29-38-6)13-28-42(36,37)27-9-3/h7-8,15-17,19-21,27-28,32H,1-2,9-14H2,3-6H3/b29-18+/t15-,16-,17+,19+,20-,21-/m1/s1. The van der Waals surface area contributed by atoms with Gasteiger partial charge in [0.1, 0.15) is 26.0 Å². The molecule has 6 atom stereocenters. The van der Waals surface area contributed by atoms with Crippen molar-refractivity contribution in [2.45, 2.75) is 50.6 Å². The Morgan fingerprint density at radius 2 is 1.90 bits per heavy atom. The Hall–Kier alpha value is -2.92. The molecule has 2 fully saturated rings. The maximum absolute atomic E-state index is 13.1. The fraction of sp³-hybridized carbons (Fsp3) is 0.615. The molecule has 3 rings (SSSR count). The summed E-state index contributed by atoms with van der Waals surface area (Å²) in [7, 11) is -2.51. The number of aliphatic hydroxyl groups excluding tert-OH is 1. The minimum absolute atomic E-state index is 0.0371. The maximum atomic E-state index is 13.1. The Morgan fingerprint density at radius 3 is 2.50 bits per heavy atom. The maximum Gasteiger partial charge on any atom is 0.410 e. The summed E-state index contributed by atoms with van der Waals surface area (Å²) in [6, 6.07) is -1.12. The molecule has 3 aliphatic rings. The molecule has 3 N–H and O–H groups in total. The van der Waals surface area contributed by atoms with Crippen LogP contribution in [0.25, 0.3) is 0 Å². The van der Waals surface area contributed by atoms with Crippen LogP contribution < -0.4 is 9.44 Å². The first kappa shape index (κ1) is 33.6. The van der Waals surface area contributed by atoms with Crippen molar-refractivity contribution in [2.75, 3.05) is 40.0 Å². The van der Waals surface area contributed by atoms with Crippen molar-refractivity contribution in [3.8, 4) is 0 Å². The Kier molecular flexibility index (Phi) is 11.6. The van der Waals surface area contributed by atoms with Gasteiger partial charge in [-0.15, -0.1) is 11.8 Å². The second-order valence-electron chi connectivity index (χ2n) is 9.95. The third-order valence-corrected chi connectivity index (χ3v) is 9.81. The molecule has 0 radical (unpaired) electrons. The van der Waals surface area contributed by atoms with Gasteiger partial charge in [-0.25, -0.2) is 14.3 Å². The van der Waals surface area contributed by atoms with Crippen molar-refractivity contribution in [2.24, 2.45) is 17.0 Å². The molecule has 234 valence electrons. The minimum Gasteiger partial charge on any atom is -0.457 e. The Bertz CT molecular complexity index is 1240. The molecular formula is C26H39N5O9S2. The number of ether oxygens (including phenoxy) is 2. The molecule has 42 heavy (non-hydrogen) atoms. The van der Waals surface area contributed by atoms with Gasteiger partial charge in [-0.05, 0) is 13.3 Å². The first-order valence-electron chi connectivity index (χ1n) is 13.5. The van der Waals surface area contributed by atoms with Crippen LogP contribution in [0, 0.1) is 11.8 Å². The van der Waals surface area contributed by atoms with Gasteiger partial charge in [0.25, 0.3) is 10.2 Å². The monoisotopic (exact) mass is 629 g/mol. The van der Waals surface area contributed by atoms with Crippen LogP contribution in [0.1, 0.15) is 27.2 Å². The van der Waals surface area contributed by atoms with Crippen molar-refractivity contribution >= 4 is 45.7 Å². The topological polar surface area (TPSA) is 176 Å². The van der Waals surface area contributed by atoms with Gasteiger partial charge in [0.2, 0.25) is 5.91 Å². The van der Waals surface area contributed by atoms with Crippen LogP contribution in [-0.4, -0.2) is 110 Å². The normalized spacial score (nSPS) is 26.5. The van der Waals surface area contributed by atoms with Crippen molar-refractivity contribution in [3.63, 3.8) is 0 Å². The highest BCUT2D eigenvalue weighted by Gasteiger charge is 2.60. The van der Waals surface area contributed by atoms with E-state index in [4.69, 9.17) is 14.3 Å². The molecule has 16 heteroatoms. The molecule has 0 aromatic heterocycles. The summed E-state index contributed by atoms with van der Waals surface area (Å²) in [5, 5.41) is 14.0. The van der Waals surface area contributed by atoms with Gasteiger partial charge in [-0.2, -0.15) is 13.1 Å². The third kappa shape index (κ3) is 7.16. The smallest absolute Gasteiger partial charge is 0.410 e. The summed E-state index contributed by atoms with van der Waals surface area (Å²) < 4.78 is 39.8. The molecule has 0 aromatic carbocycles. The Labute approximate surface area is 250 Å². The van der Waals surface area contributed by atoms with Gasteiger partial charge in [0.05, 0.1) is 36.4 Å². The number of thioether (sulfide) groups is 1. The number of amides is 2. The van der Waals surface area contributed by atoms with E-state index in [-0.39, 0.29) is 61.3 Å². The average Bonchev–Trinajstić information content (AvgIpc) is 3.45. The summed E-state index contributed by atoms with van der Waals surface area (Å²) in [4.78, 5) is 47.6. The zero-order valence-corrected chi connectivity index (χ0v) is 25.8. The second kappa shape index (κ2) is 14.5. The van der Waals surface area contributed by atoms with Crippen LogP contribution in [0.15, 0.2) is 41.1 Å². The molecule has 0 spiro atoms. The number of aliphatic hydroxyl groups is 1. The van der Waals surface area contributed by atoms with Crippen molar-refractivity contribution < 1.29 is 42.2 Å².